The van der Waals surface area contributed by atoms with Crippen molar-refractivity contribution < 1.29 is 10.0 Å². The minimum absolute atomic E-state index is 0.495. The molecule has 0 aliphatic carbocycles. The Hall–Kier alpha value is -1.18. The van der Waals surface area contributed by atoms with Gasteiger partial charge in [-0.1, -0.05) is 5.21 Å². The molecule has 15 heavy (non-hydrogen) atoms. The Morgan fingerprint density at radius 3 is 2.93 bits per heavy atom. The second-order valence-electron chi connectivity index (χ2n) is 3.25. The van der Waals surface area contributed by atoms with E-state index in [2.05, 4.69) is 10.3 Å². The molecule has 2 rings (SSSR count). The molecule has 0 bridgehead atoms. The van der Waals surface area contributed by atoms with E-state index in [0.29, 0.717) is 0 Å². The minimum Gasteiger partial charge on any atom is -0.426 e. The summed E-state index contributed by atoms with van der Waals surface area (Å²) in [5, 5.41) is 29.7. The molecular weight excluding hydrogens is 213 g/mol. The predicted octanol–water partition coefficient (Wildman–Crippen LogP) is 0.580. The third-order valence-corrected chi connectivity index (χ3v) is 2.86. The van der Waals surface area contributed by atoms with E-state index in [-0.39, 0.29) is 0 Å². The van der Waals surface area contributed by atoms with Crippen molar-refractivity contribution in [2.75, 3.05) is 0 Å². The number of aromatic nitrogens is 3. The number of hydrogen-bond acceptors (Lipinski definition) is 5. The van der Waals surface area contributed by atoms with Crippen LogP contribution in [0.3, 0.4) is 0 Å². The summed E-state index contributed by atoms with van der Waals surface area (Å²) < 4.78 is 1.44. The average Bonchev–Trinajstić information content (AvgIpc) is 2.86. The summed E-state index contributed by atoms with van der Waals surface area (Å²) >= 11 is 1.58. The maximum absolute atomic E-state index is 8.98. The lowest BCUT2D eigenvalue weighted by Crippen LogP contribution is -2.26. The molecule has 0 aliphatic rings. The summed E-state index contributed by atoms with van der Waals surface area (Å²) in [4.78, 5) is 0. The number of thiophene rings is 1. The van der Waals surface area contributed by atoms with Crippen LogP contribution < -0.4 is 0 Å². The molecule has 2 aromatic rings. The number of nitrogens with zero attached hydrogens (tertiary/aromatic N) is 3. The van der Waals surface area contributed by atoms with Gasteiger partial charge in [0.15, 0.2) is 0 Å². The first kappa shape index (κ1) is 10.3. The Morgan fingerprint density at radius 2 is 2.33 bits per heavy atom. The molecule has 0 radical (unpaired) electrons. The van der Waals surface area contributed by atoms with Crippen LogP contribution in [0.1, 0.15) is 12.9 Å². The van der Waals surface area contributed by atoms with Crippen molar-refractivity contribution >= 4 is 18.5 Å². The molecular formula is C8H10BN3O2S. The molecule has 2 aromatic heterocycles. The van der Waals surface area contributed by atoms with Crippen molar-refractivity contribution in [3.05, 3.63) is 23.0 Å². The maximum atomic E-state index is 8.98. The molecule has 2 heterocycles. The van der Waals surface area contributed by atoms with Crippen LogP contribution in [-0.2, 0) is 0 Å². The molecule has 2 N–H and O–H groups in total. The van der Waals surface area contributed by atoms with E-state index in [9.17, 15) is 0 Å². The summed E-state index contributed by atoms with van der Waals surface area (Å²) in [6.07, 6.45) is 1.70. The van der Waals surface area contributed by atoms with E-state index >= 15 is 0 Å². The Morgan fingerprint density at radius 1 is 1.53 bits per heavy atom. The Labute approximate surface area is 91.1 Å². The summed E-state index contributed by atoms with van der Waals surface area (Å²) in [6.45, 7) is 1.66. The standard InChI is InChI=1S/C8H10BN3O2S/c1-6(9(13)14)12-4-8(10-11-12)7-2-3-15-5-7/h2-6,13-14H,1H3. The maximum Gasteiger partial charge on any atom is 0.477 e. The van der Waals surface area contributed by atoms with Crippen LogP contribution in [-0.4, -0.2) is 32.2 Å². The fraction of sp³-hybridized carbons (Fsp3) is 0.250. The smallest absolute Gasteiger partial charge is 0.426 e. The highest BCUT2D eigenvalue weighted by Crippen LogP contribution is 2.20. The molecule has 0 spiro atoms. The van der Waals surface area contributed by atoms with Gasteiger partial charge in [0, 0.05) is 10.9 Å². The summed E-state index contributed by atoms with van der Waals surface area (Å²) in [6, 6.07) is 1.94. The molecule has 0 amide bonds. The molecule has 78 valence electrons. The van der Waals surface area contributed by atoms with E-state index in [1.165, 1.54) is 4.68 Å². The third kappa shape index (κ3) is 2.09. The van der Waals surface area contributed by atoms with Crippen LogP contribution in [0.2, 0.25) is 0 Å². The Kier molecular flexibility index (Phi) is 2.85. The van der Waals surface area contributed by atoms with Crippen LogP contribution >= 0.6 is 11.3 Å². The third-order valence-electron chi connectivity index (χ3n) is 2.18. The van der Waals surface area contributed by atoms with Crippen molar-refractivity contribution in [1.82, 2.24) is 15.0 Å². The second-order valence-corrected chi connectivity index (χ2v) is 4.03. The zero-order chi connectivity index (χ0) is 10.8. The Bertz CT molecular complexity index is 429. The molecule has 7 heteroatoms. The zero-order valence-corrected chi connectivity index (χ0v) is 8.92. The molecule has 1 unspecified atom stereocenters. The first-order chi connectivity index (χ1) is 7.18. The molecule has 0 saturated carbocycles. The topological polar surface area (TPSA) is 71.2 Å². The highest BCUT2D eigenvalue weighted by Gasteiger charge is 2.21. The fourth-order valence-corrected chi connectivity index (χ4v) is 1.80. The lowest BCUT2D eigenvalue weighted by Gasteiger charge is -2.07. The van der Waals surface area contributed by atoms with Crippen LogP contribution in [0, 0.1) is 0 Å². The van der Waals surface area contributed by atoms with Gasteiger partial charge in [0.05, 0.1) is 12.1 Å². The van der Waals surface area contributed by atoms with Gasteiger partial charge in [0.1, 0.15) is 5.69 Å². The van der Waals surface area contributed by atoms with Gasteiger partial charge in [0.2, 0.25) is 0 Å². The van der Waals surface area contributed by atoms with Gasteiger partial charge in [-0.2, -0.15) is 11.3 Å². The zero-order valence-electron chi connectivity index (χ0n) is 8.11. The van der Waals surface area contributed by atoms with Crippen LogP contribution in [0.4, 0.5) is 0 Å². The van der Waals surface area contributed by atoms with E-state index in [0.717, 1.165) is 11.3 Å². The highest BCUT2D eigenvalue weighted by molar-refractivity contribution is 7.08. The fourth-order valence-electron chi connectivity index (χ4n) is 1.15. The Balaban J connectivity index is 2.25. The van der Waals surface area contributed by atoms with Crippen molar-refractivity contribution in [3.8, 4) is 11.3 Å². The van der Waals surface area contributed by atoms with E-state index in [1.807, 2.05) is 16.8 Å². The minimum atomic E-state index is -1.43. The van der Waals surface area contributed by atoms with E-state index in [1.54, 1.807) is 24.5 Å². The van der Waals surface area contributed by atoms with Crippen molar-refractivity contribution in [3.63, 3.8) is 0 Å². The lowest BCUT2D eigenvalue weighted by atomic mass is 9.81. The van der Waals surface area contributed by atoms with Crippen LogP contribution in [0.5, 0.6) is 0 Å². The summed E-state index contributed by atoms with van der Waals surface area (Å²) in [5.74, 6) is -0.495. The second kappa shape index (κ2) is 4.14. The first-order valence-corrected chi connectivity index (χ1v) is 5.43. The van der Waals surface area contributed by atoms with Crippen molar-refractivity contribution in [2.24, 2.45) is 0 Å². The van der Waals surface area contributed by atoms with Crippen LogP contribution in [0.25, 0.3) is 11.3 Å². The van der Waals surface area contributed by atoms with E-state index in [4.69, 9.17) is 10.0 Å². The van der Waals surface area contributed by atoms with Gasteiger partial charge in [-0.05, 0) is 18.4 Å². The number of rotatable bonds is 3. The molecule has 0 saturated heterocycles. The van der Waals surface area contributed by atoms with Crippen molar-refractivity contribution in [2.45, 2.75) is 12.9 Å². The molecule has 5 nitrogen and oxygen atoms in total. The summed E-state index contributed by atoms with van der Waals surface area (Å²) in [7, 11) is -1.43. The van der Waals surface area contributed by atoms with Gasteiger partial charge in [-0.15, -0.1) is 5.10 Å². The van der Waals surface area contributed by atoms with Crippen LogP contribution in [0.15, 0.2) is 23.0 Å². The van der Waals surface area contributed by atoms with Crippen molar-refractivity contribution in [1.29, 1.82) is 0 Å². The van der Waals surface area contributed by atoms with E-state index < -0.39 is 13.1 Å². The normalized spacial score (nSPS) is 12.7. The van der Waals surface area contributed by atoms with Gasteiger partial charge < -0.3 is 10.0 Å². The van der Waals surface area contributed by atoms with Gasteiger partial charge in [-0.3, -0.25) is 4.68 Å². The molecule has 0 aliphatic heterocycles. The van der Waals surface area contributed by atoms with Gasteiger partial charge in [-0.25, -0.2) is 0 Å². The lowest BCUT2D eigenvalue weighted by molar-refractivity contribution is 0.359. The first-order valence-electron chi connectivity index (χ1n) is 4.49. The average molecular weight is 223 g/mol. The predicted molar refractivity (Wildman–Crippen MR) is 58.2 cm³/mol. The largest absolute Gasteiger partial charge is 0.477 e. The highest BCUT2D eigenvalue weighted by atomic mass is 32.1. The number of hydrogen-bond donors (Lipinski definition) is 2. The monoisotopic (exact) mass is 223 g/mol. The van der Waals surface area contributed by atoms with Gasteiger partial charge in [0.25, 0.3) is 0 Å². The molecule has 0 fully saturated rings. The quantitative estimate of drug-likeness (QED) is 0.746. The van der Waals surface area contributed by atoms with Gasteiger partial charge >= 0.3 is 7.12 Å². The summed E-state index contributed by atoms with van der Waals surface area (Å²) in [5.41, 5.74) is 1.73. The SMILES string of the molecule is CC(B(O)O)n1cc(-c2ccsc2)nn1. The molecule has 0 aromatic carbocycles. The molecule has 1 atom stereocenters.